The van der Waals surface area contributed by atoms with Gasteiger partial charge in [0.2, 0.25) is 0 Å². The summed E-state index contributed by atoms with van der Waals surface area (Å²) >= 11 is 6.18. The molecule has 0 fully saturated rings. The third-order valence-corrected chi connectivity index (χ3v) is 4.29. The molecule has 3 unspecified atom stereocenters. The minimum atomic E-state index is -0.660. The maximum atomic E-state index is 10.8. The van der Waals surface area contributed by atoms with Crippen molar-refractivity contribution in [3.8, 4) is 0 Å². The van der Waals surface area contributed by atoms with E-state index >= 15 is 0 Å². The second-order valence-electron chi connectivity index (χ2n) is 5.27. The van der Waals surface area contributed by atoms with E-state index in [2.05, 4.69) is 31.1 Å². The quantitative estimate of drug-likeness (QED) is 0.906. The second-order valence-corrected chi connectivity index (χ2v) is 5.68. The molecule has 0 amide bonds. The highest BCUT2D eigenvalue weighted by Gasteiger charge is 2.30. The fourth-order valence-corrected chi connectivity index (χ4v) is 2.95. The van der Waals surface area contributed by atoms with E-state index in [1.807, 2.05) is 25.2 Å². The molecular weight excluding hydrogens is 272 g/mol. The molecule has 2 rings (SSSR count). The molecule has 20 heavy (non-hydrogen) atoms. The third kappa shape index (κ3) is 2.89. The first-order valence-electron chi connectivity index (χ1n) is 6.96. The predicted octanol–water partition coefficient (Wildman–Crippen LogP) is 3.94. The highest BCUT2D eigenvalue weighted by atomic mass is 35.5. The van der Waals surface area contributed by atoms with Gasteiger partial charge in [-0.3, -0.25) is 4.68 Å². The number of aryl methyl sites for hydroxylation is 1. The molecule has 0 aliphatic carbocycles. The van der Waals surface area contributed by atoms with Crippen LogP contribution in [-0.2, 0) is 7.05 Å². The van der Waals surface area contributed by atoms with Gasteiger partial charge in [-0.2, -0.15) is 5.10 Å². The Kier molecular flexibility index (Phi) is 4.84. The van der Waals surface area contributed by atoms with E-state index in [9.17, 15) is 5.11 Å². The Morgan fingerprint density at radius 2 is 1.95 bits per heavy atom. The molecule has 0 radical (unpaired) electrons. The van der Waals surface area contributed by atoms with Crippen LogP contribution in [-0.4, -0.2) is 14.9 Å². The largest absolute Gasteiger partial charge is 0.386 e. The fourth-order valence-electron chi connectivity index (χ4n) is 2.67. The Morgan fingerprint density at radius 3 is 2.45 bits per heavy atom. The average molecular weight is 293 g/mol. The highest BCUT2D eigenvalue weighted by molar-refractivity contribution is 6.31. The zero-order valence-corrected chi connectivity index (χ0v) is 12.9. The van der Waals surface area contributed by atoms with Crippen molar-refractivity contribution >= 4 is 11.6 Å². The van der Waals surface area contributed by atoms with E-state index in [1.165, 1.54) is 0 Å². The number of hydrogen-bond acceptors (Lipinski definition) is 2. The molecule has 0 aliphatic rings. The first-order valence-corrected chi connectivity index (χ1v) is 7.34. The van der Waals surface area contributed by atoms with Crippen LogP contribution in [0, 0.1) is 5.92 Å². The lowest BCUT2D eigenvalue weighted by Crippen LogP contribution is -2.20. The van der Waals surface area contributed by atoms with Crippen LogP contribution in [0.2, 0.25) is 5.02 Å². The average Bonchev–Trinajstić information content (AvgIpc) is 2.79. The summed E-state index contributed by atoms with van der Waals surface area (Å²) in [6.07, 6.45) is 1.91. The smallest absolute Gasteiger partial charge is 0.104 e. The van der Waals surface area contributed by atoms with E-state index in [0.717, 1.165) is 12.0 Å². The van der Waals surface area contributed by atoms with Crippen LogP contribution in [0.15, 0.2) is 36.5 Å². The van der Waals surface area contributed by atoms with Gasteiger partial charge in [-0.05, 0) is 11.5 Å². The summed E-state index contributed by atoms with van der Waals surface area (Å²) in [4.78, 5) is 0. The molecular formula is C16H21ClN2O. The topological polar surface area (TPSA) is 38.1 Å². The van der Waals surface area contributed by atoms with Crippen molar-refractivity contribution in [2.45, 2.75) is 32.3 Å². The minimum Gasteiger partial charge on any atom is -0.386 e. The van der Waals surface area contributed by atoms with Crippen molar-refractivity contribution in [1.82, 2.24) is 9.78 Å². The summed E-state index contributed by atoms with van der Waals surface area (Å²) in [5.74, 6) is 0.354. The first-order chi connectivity index (χ1) is 9.56. The van der Waals surface area contributed by atoms with Gasteiger partial charge in [0.15, 0.2) is 0 Å². The van der Waals surface area contributed by atoms with Crippen molar-refractivity contribution in [2.75, 3.05) is 0 Å². The number of rotatable bonds is 5. The lowest BCUT2D eigenvalue weighted by Gasteiger charge is -2.29. The number of halogens is 1. The second kappa shape index (κ2) is 6.42. The van der Waals surface area contributed by atoms with Crippen LogP contribution in [0.4, 0.5) is 0 Å². The summed E-state index contributed by atoms with van der Waals surface area (Å²) in [5, 5.41) is 15.5. The molecule has 1 aromatic heterocycles. The van der Waals surface area contributed by atoms with E-state index in [4.69, 9.17) is 11.6 Å². The highest BCUT2D eigenvalue weighted by Crippen LogP contribution is 2.40. The number of aliphatic hydroxyl groups excluding tert-OH is 1. The molecule has 0 spiro atoms. The molecule has 0 saturated carbocycles. The lowest BCUT2D eigenvalue weighted by atomic mass is 9.80. The van der Waals surface area contributed by atoms with Gasteiger partial charge in [0, 0.05) is 13.0 Å². The molecule has 108 valence electrons. The monoisotopic (exact) mass is 292 g/mol. The fraction of sp³-hybridized carbons (Fsp3) is 0.438. The summed E-state index contributed by atoms with van der Waals surface area (Å²) in [6, 6.07) is 10.1. The number of aromatic nitrogens is 2. The standard InChI is InChI=1S/C16H21ClN2O/c1-4-11(2)14(12-8-6-5-7-9-12)16(20)15-13(17)10-18-19(15)3/h5-11,14,16,20H,4H2,1-3H3. The Balaban J connectivity index is 2.42. The summed E-state index contributed by atoms with van der Waals surface area (Å²) in [5.41, 5.74) is 1.81. The molecule has 1 N–H and O–H groups in total. The molecule has 3 nitrogen and oxygen atoms in total. The van der Waals surface area contributed by atoms with Gasteiger partial charge in [-0.15, -0.1) is 0 Å². The predicted molar refractivity (Wildman–Crippen MR) is 81.8 cm³/mol. The van der Waals surface area contributed by atoms with Gasteiger partial charge < -0.3 is 5.11 Å². The van der Waals surface area contributed by atoms with Gasteiger partial charge in [-0.25, -0.2) is 0 Å². The maximum Gasteiger partial charge on any atom is 0.104 e. The van der Waals surface area contributed by atoms with Crippen LogP contribution in [0.25, 0.3) is 0 Å². The maximum absolute atomic E-state index is 10.8. The van der Waals surface area contributed by atoms with Crippen molar-refractivity contribution in [1.29, 1.82) is 0 Å². The molecule has 0 aliphatic heterocycles. The molecule has 0 bridgehead atoms. The van der Waals surface area contributed by atoms with Crippen molar-refractivity contribution < 1.29 is 5.11 Å². The Bertz CT molecular complexity index is 533. The van der Waals surface area contributed by atoms with Crippen molar-refractivity contribution in [3.63, 3.8) is 0 Å². The Hall–Kier alpha value is -1.32. The Morgan fingerprint density at radius 1 is 1.30 bits per heavy atom. The molecule has 0 saturated heterocycles. The number of benzene rings is 1. The van der Waals surface area contributed by atoms with E-state index in [-0.39, 0.29) is 5.92 Å². The minimum absolute atomic E-state index is 0.00843. The molecule has 2 aromatic rings. The molecule has 1 heterocycles. The van der Waals surface area contributed by atoms with Crippen LogP contribution in [0.1, 0.15) is 43.5 Å². The van der Waals surface area contributed by atoms with Crippen LogP contribution in [0.3, 0.4) is 0 Å². The molecule has 3 atom stereocenters. The van der Waals surface area contributed by atoms with Gasteiger partial charge in [0.25, 0.3) is 0 Å². The van der Waals surface area contributed by atoms with Crippen LogP contribution < -0.4 is 0 Å². The van der Waals surface area contributed by atoms with Gasteiger partial charge >= 0.3 is 0 Å². The summed E-state index contributed by atoms with van der Waals surface area (Å²) in [7, 11) is 1.81. The number of hydrogen-bond donors (Lipinski definition) is 1. The van der Waals surface area contributed by atoms with Crippen LogP contribution in [0.5, 0.6) is 0 Å². The van der Waals surface area contributed by atoms with E-state index in [0.29, 0.717) is 16.6 Å². The van der Waals surface area contributed by atoms with Crippen molar-refractivity contribution in [3.05, 3.63) is 52.8 Å². The third-order valence-electron chi connectivity index (χ3n) is 4.00. The van der Waals surface area contributed by atoms with Crippen molar-refractivity contribution in [2.24, 2.45) is 13.0 Å². The van der Waals surface area contributed by atoms with E-state index < -0.39 is 6.10 Å². The molecule has 4 heteroatoms. The van der Waals surface area contributed by atoms with Gasteiger partial charge in [0.05, 0.1) is 16.9 Å². The van der Waals surface area contributed by atoms with Gasteiger partial charge in [-0.1, -0.05) is 62.2 Å². The van der Waals surface area contributed by atoms with Gasteiger partial charge in [0.1, 0.15) is 6.10 Å². The number of nitrogens with zero attached hydrogens (tertiary/aromatic N) is 2. The lowest BCUT2D eigenvalue weighted by molar-refractivity contribution is 0.110. The van der Waals surface area contributed by atoms with Crippen LogP contribution >= 0.6 is 11.6 Å². The van der Waals surface area contributed by atoms with E-state index in [1.54, 1.807) is 10.9 Å². The zero-order chi connectivity index (χ0) is 14.7. The Labute approximate surface area is 125 Å². The zero-order valence-electron chi connectivity index (χ0n) is 12.1. The SMILES string of the molecule is CCC(C)C(c1ccccc1)C(O)c1c(Cl)cnn1C. The summed E-state index contributed by atoms with van der Waals surface area (Å²) < 4.78 is 1.66. The number of aliphatic hydroxyl groups is 1. The summed E-state index contributed by atoms with van der Waals surface area (Å²) in [6.45, 7) is 4.29. The normalized spacial score (nSPS) is 15.8. The first kappa shape index (κ1) is 15.1. The molecule has 1 aromatic carbocycles.